The van der Waals surface area contributed by atoms with Gasteiger partial charge in [-0.15, -0.1) is 0 Å². The van der Waals surface area contributed by atoms with Crippen LogP contribution in [-0.4, -0.2) is 5.97 Å². The molecule has 0 heterocycles. The van der Waals surface area contributed by atoms with Gasteiger partial charge in [-0.3, -0.25) is 4.79 Å². The van der Waals surface area contributed by atoms with E-state index in [1.165, 1.54) is 19.3 Å². The maximum absolute atomic E-state index is 12.2. The summed E-state index contributed by atoms with van der Waals surface area (Å²) in [5, 5.41) is 0. The molecule has 0 spiro atoms. The molecule has 0 aromatic heterocycles. The number of ether oxygens (including phenoxy) is 1. The number of carbonyl (C=O) groups excluding carboxylic acids is 1. The van der Waals surface area contributed by atoms with Crippen molar-refractivity contribution in [2.75, 3.05) is 0 Å². The quantitative estimate of drug-likeness (QED) is 0.342. The maximum atomic E-state index is 12.2. The molecule has 0 N–H and O–H groups in total. The predicted octanol–water partition coefficient (Wildman–Crippen LogP) is 4.86. The third-order valence-electron chi connectivity index (χ3n) is 7.65. The summed E-state index contributed by atoms with van der Waals surface area (Å²) in [5.41, 5.74) is 0.347. The van der Waals surface area contributed by atoms with Crippen molar-refractivity contribution in [3.63, 3.8) is 0 Å². The van der Waals surface area contributed by atoms with Crippen molar-refractivity contribution in [3.8, 4) is 5.75 Å². The highest BCUT2D eigenvalue weighted by Crippen LogP contribution is 2.71. The van der Waals surface area contributed by atoms with Crippen molar-refractivity contribution in [2.24, 2.45) is 40.9 Å². The second-order valence-electron chi connectivity index (χ2n) is 8.85. The number of hydrogen-bond donors (Lipinski definition) is 0. The molecule has 2 nitrogen and oxygen atoms in total. The molecule has 1 aromatic carbocycles. The largest absolute Gasteiger partial charge is 0.427 e. The Hall–Kier alpha value is -1.57. The summed E-state index contributed by atoms with van der Waals surface area (Å²) in [5.74, 6) is 5.93. The second kappa shape index (κ2) is 5.21. The van der Waals surface area contributed by atoms with Gasteiger partial charge in [-0.1, -0.05) is 37.3 Å². The van der Waals surface area contributed by atoms with E-state index in [0.29, 0.717) is 17.6 Å². The molecule has 0 radical (unpaired) electrons. The SMILES string of the molecule is CC1(CCC(=O)Oc2ccccc2)CC2CC1C1C3C=CC(C3)C21. The minimum absolute atomic E-state index is 0.0745. The fourth-order valence-corrected chi connectivity index (χ4v) is 6.83. The molecule has 1 aromatic rings. The fourth-order valence-electron chi connectivity index (χ4n) is 6.83. The van der Waals surface area contributed by atoms with Gasteiger partial charge in [0.25, 0.3) is 0 Å². The smallest absolute Gasteiger partial charge is 0.311 e. The molecule has 126 valence electrons. The molecule has 2 heteroatoms. The van der Waals surface area contributed by atoms with E-state index in [0.717, 1.165) is 41.9 Å². The van der Waals surface area contributed by atoms with Gasteiger partial charge in [0.2, 0.25) is 0 Å². The lowest BCUT2D eigenvalue weighted by atomic mass is 9.61. The molecular weight excluding hydrogens is 296 g/mol. The summed E-state index contributed by atoms with van der Waals surface area (Å²) in [6.45, 7) is 2.44. The summed E-state index contributed by atoms with van der Waals surface area (Å²) in [6.07, 6.45) is 10.7. The Labute approximate surface area is 144 Å². The highest BCUT2D eigenvalue weighted by molar-refractivity contribution is 5.72. The lowest BCUT2D eigenvalue weighted by Crippen LogP contribution is -2.37. The highest BCUT2D eigenvalue weighted by atomic mass is 16.5. The zero-order valence-electron chi connectivity index (χ0n) is 14.4. The lowest BCUT2D eigenvalue weighted by molar-refractivity contribution is -0.135. The summed E-state index contributed by atoms with van der Waals surface area (Å²) in [7, 11) is 0. The minimum Gasteiger partial charge on any atom is -0.427 e. The van der Waals surface area contributed by atoms with Crippen LogP contribution in [0.2, 0.25) is 0 Å². The van der Waals surface area contributed by atoms with Crippen molar-refractivity contribution in [1.82, 2.24) is 0 Å². The van der Waals surface area contributed by atoms with Crippen molar-refractivity contribution < 1.29 is 9.53 Å². The van der Waals surface area contributed by atoms with E-state index in [1.807, 2.05) is 30.3 Å². The van der Waals surface area contributed by atoms with Crippen LogP contribution in [-0.2, 0) is 4.79 Å². The van der Waals surface area contributed by atoms with Crippen LogP contribution in [0.15, 0.2) is 42.5 Å². The fraction of sp³-hybridized carbons (Fsp3) is 0.591. The maximum Gasteiger partial charge on any atom is 0.311 e. The molecule has 0 amide bonds. The van der Waals surface area contributed by atoms with Crippen LogP contribution >= 0.6 is 0 Å². The van der Waals surface area contributed by atoms with Crippen LogP contribution in [0.5, 0.6) is 5.75 Å². The van der Waals surface area contributed by atoms with Crippen LogP contribution in [0.3, 0.4) is 0 Å². The van der Waals surface area contributed by atoms with Crippen molar-refractivity contribution in [2.45, 2.75) is 39.0 Å². The Morgan fingerprint density at radius 1 is 1.12 bits per heavy atom. The lowest BCUT2D eigenvalue weighted by Gasteiger charge is -2.43. The van der Waals surface area contributed by atoms with Gasteiger partial charge in [0.1, 0.15) is 5.75 Å². The van der Waals surface area contributed by atoms with Crippen LogP contribution in [0.1, 0.15) is 39.0 Å². The molecule has 5 rings (SSSR count). The molecule has 0 aliphatic heterocycles. The van der Waals surface area contributed by atoms with E-state index in [1.54, 1.807) is 0 Å². The molecule has 7 atom stereocenters. The topological polar surface area (TPSA) is 26.3 Å². The zero-order chi connectivity index (χ0) is 16.3. The number of esters is 1. The van der Waals surface area contributed by atoms with E-state index in [4.69, 9.17) is 4.74 Å². The minimum atomic E-state index is -0.0745. The van der Waals surface area contributed by atoms with Crippen LogP contribution in [0.25, 0.3) is 0 Å². The van der Waals surface area contributed by atoms with Crippen LogP contribution in [0, 0.1) is 40.9 Å². The van der Waals surface area contributed by atoms with E-state index in [2.05, 4.69) is 19.1 Å². The Balaban J connectivity index is 1.24. The molecule has 3 fully saturated rings. The number of allylic oxidation sites excluding steroid dienone is 2. The molecule has 4 aliphatic carbocycles. The first kappa shape index (κ1) is 14.7. The number of para-hydroxylation sites is 1. The van der Waals surface area contributed by atoms with Crippen LogP contribution < -0.4 is 4.74 Å². The summed E-state index contributed by atoms with van der Waals surface area (Å²) in [4.78, 5) is 12.2. The average Bonchev–Trinajstić information content (AvgIpc) is 3.32. The number of benzene rings is 1. The summed E-state index contributed by atoms with van der Waals surface area (Å²) in [6, 6.07) is 9.45. The Morgan fingerprint density at radius 2 is 1.88 bits per heavy atom. The number of rotatable bonds is 4. The van der Waals surface area contributed by atoms with Gasteiger partial charge in [-0.25, -0.2) is 0 Å². The van der Waals surface area contributed by atoms with Gasteiger partial charge in [0.05, 0.1) is 0 Å². The highest BCUT2D eigenvalue weighted by Gasteiger charge is 2.64. The summed E-state index contributed by atoms with van der Waals surface area (Å²) >= 11 is 0. The third kappa shape index (κ3) is 2.11. The van der Waals surface area contributed by atoms with E-state index < -0.39 is 0 Å². The molecule has 4 bridgehead atoms. The van der Waals surface area contributed by atoms with E-state index in [9.17, 15) is 4.79 Å². The first-order valence-corrected chi connectivity index (χ1v) is 9.58. The van der Waals surface area contributed by atoms with Gasteiger partial charge in [0, 0.05) is 6.42 Å². The molecular formula is C22H26O2. The van der Waals surface area contributed by atoms with Crippen molar-refractivity contribution >= 4 is 5.97 Å². The zero-order valence-corrected chi connectivity index (χ0v) is 14.4. The molecule has 3 saturated carbocycles. The van der Waals surface area contributed by atoms with E-state index >= 15 is 0 Å². The Bertz CT molecular complexity index is 678. The van der Waals surface area contributed by atoms with Crippen molar-refractivity contribution in [3.05, 3.63) is 42.5 Å². The molecule has 4 aliphatic rings. The first-order valence-electron chi connectivity index (χ1n) is 9.58. The van der Waals surface area contributed by atoms with Crippen LogP contribution in [0.4, 0.5) is 0 Å². The van der Waals surface area contributed by atoms with Gasteiger partial charge in [0.15, 0.2) is 0 Å². The molecule has 24 heavy (non-hydrogen) atoms. The normalized spacial score (nSPS) is 44.0. The van der Waals surface area contributed by atoms with Gasteiger partial charge >= 0.3 is 5.97 Å². The van der Waals surface area contributed by atoms with Gasteiger partial charge < -0.3 is 4.74 Å². The first-order chi connectivity index (χ1) is 11.6. The molecule has 7 unspecified atom stereocenters. The van der Waals surface area contributed by atoms with Gasteiger partial charge in [-0.2, -0.15) is 0 Å². The third-order valence-corrected chi connectivity index (χ3v) is 7.65. The number of fused-ring (bicyclic) bond motifs is 9. The summed E-state index contributed by atoms with van der Waals surface area (Å²) < 4.78 is 5.49. The Kier molecular flexibility index (Phi) is 3.20. The molecule has 0 saturated heterocycles. The second-order valence-corrected chi connectivity index (χ2v) is 8.85. The predicted molar refractivity (Wildman–Crippen MR) is 93.3 cm³/mol. The van der Waals surface area contributed by atoms with Crippen molar-refractivity contribution in [1.29, 1.82) is 0 Å². The van der Waals surface area contributed by atoms with E-state index in [-0.39, 0.29) is 5.97 Å². The number of carbonyl (C=O) groups is 1. The number of hydrogen-bond acceptors (Lipinski definition) is 2. The standard InChI is InChI=1S/C22H26O2/c1-22(10-9-19(23)24-17-5-3-2-4-6-17)13-16-12-18(22)21-15-8-7-14(11-15)20(16)21/h2-8,14-16,18,20-21H,9-13H2,1H3. The average molecular weight is 322 g/mol. The van der Waals surface area contributed by atoms with Gasteiger partial charge in [-0.05, 0) is 78.7 Å². The monoisotopic (exact) mass is 322 g/mol. The Morgan fingerprint density at radius 3 is 2.67 bits per heavy atom.